The smallest absolute Gasteiger partial charge is 0.287 e. The molecule has 0 saturated heterocycles. The molecule has 1 aromatic carbocycles. The third kappa shape index (κ3) is 1.74. The van der Waals surface area contributed by atoms with Crippen molar-refractivity contribution in [2.75, 3.05) is 0 Å². The lowest BCUT2D eigenvalue weighted by Crippen LogP contribution is -2.05. The molecule has 1 rings (SSSR count). The van der Waals surface area contributed by atoms with Gasteiger partial charge in [-0.3, -0.25) is 0 Å². The average Bonchev–Trinajstić information content (AvgIpc) is 2.05. The Morgan fingerprint density at radius 1 is 1.33 bits per heavy atom. The van der Waals surface area contributed by atoms with Crippen LogP contribution in [0, 0.1) is 6.92 Å². The van der Waals surface area contributed by atoms with E-state index in [4.69, 9.17) is 0 Å². The van der Waals surface area contributed by atoms with Crippen LogP contribution in [0.3, 0.4) is 0 Å². The van der Waals surface area contributed by atoms with Gasteiger partial charge in [-0.1, -0.05) is 18.2 Å². The molecule has 0 spiro atoms. The molecule has 0 amide bonds. The van der Waals surface area contributed by atoms with Gasteiger partial charge < -0.3 is 3.87 Å². The first-order valence-corrected chi connectivity index (χ1v) is 5.05. The SMILES string of the molecule is Cc1ccccc1S(=O)(=O)O[Si]. The van der Waals surface area contributed by atoms with Crippen molar-refractivity contribution in [1.82, 2.24) is 0 Å². The van der Waals surface area contributed by atoms with Crippen molar-refractivity contribution in [1.29, 1.82) is 0 Å². The quantitative estimate of drug-likeness (QED) is 0.661. The molecule has 63 valence electrons. The Balaban J connectivity index is 3.30. The van der Waals surface area contributed by atoms with Gasteiger partial charge in [-0.2, -0.15) is 8.42 Å². The van der Waals surface area contributed by atoms with E-state index in [0.717, 1.165) is 0 Å². The van der Waals surface area contributed by atoms with Crippen LogP contribution in [0.15, 0.2) is 29.2 Å². The fraction of sp³-hybridized carbons (Fsp3) is 0.143. The second-order valence-electron chi connectivity index (χ2n) is 2.30. The maximum Gasteiger partial charge on any atom is 0.287 e. The maximum absolute atomic E-state index is 11.2. The van der Waals surface area contributed by atoms with Gasteiger partial charge in [0.1, 0.15) is 0 Å². The molecule has 5 heteroatoms. The first kappa shape index (κ1) is 9.44. The Labute approximate surface area is 75.0 Å². The van der Waals surface area contributed by atoms with E-state index < -0.39 is 10.1 Å². The van der Waals surface area contributed by atoms with Crippen LogP contribution in [0.4, 0.5) is 0 Å². The second kappa shape index (κ2) is 3.38. The van der Waals surface area contributed by atoms with Gasteiger partial charge in [-0.15, -0.1) is 0 Å². The molecule has 3 radical (unpaired) electrons. The summed E-state index contributed by atoms with van der Waals surface area (Å²) in [5.41, 5.74) is 0.663. The molecule has 1 aromatic rings. The molecule has 3 nitrogen and oxygen atoms in total. The van der Waals surface area contributed by atoms with Crippen molar-refractivity contribution in [2.45, 2.75) is 11.8 Å². The molecule has 0 aliphatic rings. The molecule has 12 heavy (non-hydrogen) atoms. The van der Waals surface area contributed by atoms with E-state index in [-0.39, 0.29) is 4.90 Å². The maximum atomic E-state index is 11.2. The zero-order valence-corrected chi connectivity index (χ0v) is 8.26. The molecular weight excluding hydrogens is 192 g/mol. The highest BCUT2D eigenvalue weighted by molar-refractivity contribution is 7.87. The minimum absolute atomic E-state index is 0.181. The highest BCUT2D eigenvalue weighted by Gasteiger charge is 2.13. The van der Waals surface area contributed by atoms with Crippen molar-refractivity contribution in [3.8, 4) is 0 Å². The van der Waals surface area contributed by atoms with Gasteiger partial charge >= 0.3 is 0 Å². The van der Waals surface area contributed by atoms with Gasteiger partial charge in [0.15, 0.2) is 0 Å². The normalized spacial score (nSPS) is 11.5. The molecule has 0 aliphatic heterocycles. The van der Waals surface area contributed by atoms with Crippen LogP contribution in [0.25, 0.3) is 0 Å². The zero-order chi connectivity index (χ0) is 9.19. The van der Waals surface area contributed by atoms with E-state index in [1.807, 2.05) is 0 Å². The Hall–Kier alpha value is -0.653. The van der Waals surface area contributed by atoms with E-state index in [9.17, 15) is 8.42 Å². The van der Waals surface area contributed by atoms with Crippen molar-refractivity contribution in [3.63, 3.8) is 0 Å². The number of rotatable bonds is 2. The van der Waals surface area contributed by atoms with E-state index in [1.54, 1.807) is 25.1 Å². The van der Waals surface area contributed by atoms with Crippen LogP contribution in [0.5, 0.6) is 0 Å². The van der Waals surface area contributed by atoms with Gasteiger partial charge in [-0.25, -0.2) is 0 Å². The highest BCUT2D eigenvalue weighted by atomic mass is 32.2. The fourth-order valence-corrected chi connectivity index (χ4v) is 1.95. The summed E-state index contributed by atoms with van der Waals surface area (Å²) in [6.45, 7) is 1.71. The lowest BCUT2D eigenvalue weighted by molar-refractivity contribution is 0.507. The van der Waals surface area contributed by atoms with Crippen LogP contribution >= 0.6 is 0 Å². The van der Waals surface area contributed by atoms with Crippen molar-refractivity contribution < 1.29 is 12.3 Å². The van der Waals surface area contributed by atoms with Crippen molar-refractivity contribution >= 4 is 20.6 Å². The standard InChI is InChI=1S/C7H7O3SSi/c1-6-4-2-3-5-7(6)11(8,9)10-12/h2-5H,1H3. The third-order valence-electron chi connectivity index (χ3n) is 1.47. The average molecular weight is 199 g/mol. The topological polar surface area (TPSA) is 43.4 Å². The van der Waals surface area contributed by atoms with E-state index >= 15 is 0 Å². The molecule has 0 atom stereocenters. The number of hydrogen-bond donors (Lipinski definition) is 0. The summed E-state index contributed by atoms with van der Waals surface area (Å²) in [7, 11) is -1.11. The van der Waals surface area contributed by atoms with E-state index in [2.05, 4.69) is 14.4 Å². The van der Waals surface area contributed by atoms with Gasteiger partial charge in [-0.05, 0) is 18.6 Å². The molecule has 0 aliphatic carbocycles. The second-order valence-corrected chi connectivity index (χ2v) is 4.32. The summed E-state index contributed by atoms with van der Waals surface area (Å²) in [5.74, 6) is 0. The monoisotopic (exact) mass is 199 g/mol. The summed E-state index contributed by atoms with van der Waals surface area (Å²) in [5, 5.41) is 0. The summed E-state index contributed by atoms with van der Waals surface area (Å²) < 4.78 is 26.5. The van der Waals surface area contributed by atoms with Crippen LogP contribution in [0.2, 0.25) is 0 Å². The van der Waals surface area contributed by atoms with Crippen molar-refractivity contribution in [2.24, 2.45) is 0 Å². The lowest BCUT2D eigenvalue weighted by Gasteiger charge is -2.03. The van der Waals surface area contributed by atoms with Crippen LogP contribution in [-0.2, 0) is 14.0 Å². The lowest BCUT2D eigenvalue weighted by atomic mass is 10.2. The number of hydrogen-bond acceptors (Lipinski definition) is 3. The van der Waals surface area contributed by atoms with Gasteiger partial charge in [0.25, 0.3) is 20.6 Å². The Morgan fingerprint density at radius 3 is 2.42 bits per heavy atom. The highest BCUT2D eigenvalue weighted by Crippen LogP contribution is 2.15. The molecule has 0 aromatic heterocycles. The first-order valence-electron chi connectivity index (χ1n) is 3.24. The molecule has 0 saturated carbocycles. The van der Waals surface area contributed by atoms with Gasteiger partial charge in [0.05, 0.1) is 4.90 Å². The molecule has 0 heterocycles. The Bertz CT molecular complexity index is 372. The third-order valence-corrected chi connectivity index (χ3v) is 3.35. The largest absolute Gasteiger partial charge is 0.314 e. The minimum atomic E-state index is -3.62. The molecule has 0 bridgehead atoms. The van der Waals surface area contributed by atoms with Crippen LogP contribution in [-0.4, -0.2) is 18.9 Å². The van der Waals surface area contributed by atoms with E-state index in [1.165, 1.54) is 6.07 Å². The molecular formula is C7H7O3SSi. The molecule has 0 unspecified atom stereocenters. The predicted octanol–water partition coefficient (Wildman–Crippen LogP) is 0.784. The van der Waals surface area contributed by atoms with Crippen LogP contribution in [0.1, 0.15) is 5.56 Å². The van der Waals surface area contributed by atoms with Crippen molar-refractivity contribution in [3.05, 3.63) is 29.8 Å². The summed E-state index contributed by atoms with van der Waals surface area (Å²) >= 11 is 0. The summed E-state index contributed by atoms with van der Waals surface area (Å²) in [4.78, 5) is 0.181. The molecule has 0 N–H and O–H groups in total. The van der Waals surface area contributed by atoms with E-state index in [0.29, 0.717) is 5.56 Å². The fourth-order valence-electron chi connectivity index (χ4n) is 0.882. The van der Waals surface area contributed by atoms with Gasteiger partial charge in [0, 0.05) is 0 Å². The number of aryl methyl sites for hydroxylation is 1. The summed E-state index contributed by atoms with van der Waals surface area (Å²) in [6, 6.07) is 6.61. The minimum Gasteiger partial charge on any atom is -0.314 e. The first-order chi connectivity index (χ1) is 5.58. The summed E-state index contributed by atoms with van der Waals surface area (Å²) in [6.07, 6.45) is 0. The number of benzene rings is 1. The molecule has 0 fully saturated rings. The van der Waals surface area contributed by atoms with Gasteiger partial charge in [0.2, 0.25) is 0 Å². The van der Waals surface area contributed by atoms with Crippen LogP contribution < -0.4 is 0 Å². The Kier molecular flexibility index (Phi) is 2.66. The predicted molar refractivity (Wildman–Crippen MR) is 45.2 cm³/mol. The zero-order valence-electron chi connectivity index (χ0n) is 6.44. The Morgan fingerprint density at radius 2 is 1.92 bits per heavy atom.